The zero-order chi connectivity index (χ0) is 12.5. The van der Waals surface area contributed by atoms with Gasteiger partial charge in [0, 0.05) is 10.5 Å². The molecule has 3 rings (SSSR count). The fourth-order valence-electron chi connectivity index (χ4n) is 2.19. The lowest BCUT2D eigenvalue weighted by molar-refractivity contribution is -0.753. The third-order valence-electron chi connectivity index (χ3n) is 3.07. The number of halogens is 2. The molecule has 2 heterocycles. The third kappa shape index (κ3) is 2.27. The first-order valence-electron chi connectivity index (χ1n) is 5.90. The molecule has 1 atom stereocenters. The van der Waals surface area contributed by atoms with Crippen molar-refractivity contribution in [1.82, 2.24) is 5.10 Å². The topological polar surface area (TPSA) is 28.9 Å². The van der Waals surface area contributed by atoms with Crippen molar-refractivity contribution in [3.8, 4) is 0 Å². The van der Waals surface area contributed by atoms with Crippen molar-refractivity contribution in [1.29, 1.82) is 0 Å². The van der Waals surface area contributed by atoms with E-state index in [1.54, 1.807) is 6.26 Å². The first-order chi connectivity index (χ1) is 8.72. The minimum absolute atomic E-state index is 0.177. The number of rotatable bonds is 2. The van der Waals surface area contributed by atoms with Crippen molar-refractivity contribution < 1.29 is 13.8 Å². The van der Waals surface area contributed by atoms with Crippen LogP contribution in [0.15, 0.2) is 35.1 Å². The maximum absolute atomic E-state index is 13.3. The molecule has 3 nitrogen and oxygen atoms in total. The van der Waals surface area contributed by atoms with E-state index in [1.807, 2.05) is 17.0 Å². The average Bonchev–Trinajstić information content (AvgIpc) is 2.73. The Morgan fingerprint density at radius 3 is 3.17 bits per heavy atom. The van der Waals surface area contributed by atoms with Crippen molar-refractivity contribution >= 4 is 26.8 Å². The Labute approximate surface area is 112 Å². The number of hydrogen-bond acceptors (Lipinski definition) is 1. The molecule has 0 amide bonds. The van der Waals surface area contributed by atoms with E-state index in [4.69, 9.17) is 4.74 Å². The Bertz CT molecular complexity index is 608. The lowest BCUT2D eigenvalue weighted by Crippen LogP contribution is -2.41. The van der Waals surface area contributed by atoms with Gasteiger partial charge in [-0.2, -0.15) is 5.10 Å². The van der Waals surface area contributed by atoms with E-state index < -0.39 is 0 Å². The predicted molar refractivity (Wildman–Crippen MR) is 69.4 cm³/mol. The molecule has 18 heavy (non-hydrogen) atoms. The lowest BCUT2D eigenvalue weighted by atomic mass is 10.1. The van der Waals surface area contributed by atoms with Crippen LogP contribution < -0.4 is 4.68 Å². The van der Waals surface area contributed by atoms with Crippen molar-refractivity contribution in [2.75, 3.05) is 0 Å². The Morgan fingerprint density at radius 2 is 2.39 bits per heavy atom. The summed E-state index contributed by atoms with van der Waals surface area (Å²) in [5.74, 6) is -0.250. The van der Waals surface area contributed by atoms with Gasteiger partial charge in [0.05, 0.1) is 11.6 Å². The highest BCUT2D eigenvalue weighted by Crippen LogP contribution is 2.23. The van der Waals surface area contributed by atoms with Crippen LogP contribution >= 0.6 is 15.9 Å². The van der Waals surface area contributed by atoms with E-state index in [-0.39, 0.29) is 11.9 Å². The second kappa shape index (κ2) is 4.72. The van der Waals surface area contributed by atoms with Crippen molar-refractivity contribution in [2.24, 2.45) is 0 Å². The summed E-state index contributed by atoms with van der Waals surface area (Å²) in [7, 11) is 0. The Morgan fingerprint density at radius 1 is 1.50 bits per heavy atom. The van der Waals surface area contributed by atoms with Gasteiger partial charge in [-0.05, 0) is 40.9 Å². The van der Waals surface area contributed by atoms with Gasteiger partial charge in [-0.25, -0.2) is 4.39 Å². The highest BCUT2D eigenvalue weighted by Gasteiger charge is 2.19. The molecule has 1 aromatic heterocycles. The standard InChI is InChI=1S/C13H12BrFN2O/c14-12-5-9(15)6-13-11(12)8-17(16-13)7-10-3-1-2-4-18-10/h2,4-6,8,10H,1,3,7H2/p+1. The molecule has 2 aromatic rings. The van der Waals surface area contributed by atoms with E-state index in [0.717, 1.165) is 34.8 Å². The van der Waals surface area contributed by atoms with Gasteiger partial charge < -0.3 is 4.74 Å². The van der Waals surface area contributed by atoms with Gasteiger partial charge in [0.15, 0.2) is 6.10 Å². The summed E-state index contributed by atoms with van der Waals surface area (Å²) >= 11 is 3.37. The summed E-state index contributed by atoms with van der Waals surface area (Å²) in [6, 6.07) is 2.97. The van der Waals surface area contributed by atoms with Crippen LogP contribution in [0.25, 0.3) is 10.9 Å². The minimum Gasteiger partial charge on any atom is -0.492 e. The molecule has 5 heteroatoms. The molecule has 0 spiro atoms. The maximum atomic E-state index is 13.3. The number of hydrogen-bond donors (Lipinski definition) is 1. The molecule has 94 valence electrons. The molecule has 0 saturated carbocycles. The Balaban J connectivity index is 1.89. The van der Waals surface area contributed by atoms with Gasteiger partial charge in [0.2, 0.25) is 12.7 Å². The summed E-state index contributed by atoms with van der Waals surface area (Å²) in [5.41, 5.74) is 0.785. The number of fused-ring (bicyclic) bond motifs is 1. The predicted octanol–water partition coefficient (Wildman–Crippen LogP) is 3.05. The monoisotopic (exact) mass is 311 g/mol. The molecule has 0 bridgehead atoms. The van der Waals surface area contributed by atoms with Crippen LogP contribution in [0.3, 0.4) is 0 Å². The molecule has 1 aliphatic heterocycles. The molecular formula is C13H13BrFN2O+. The van der Waals surface area contributed by atoms with E-state index in [2.05, 4.69) is 21.0 Å². The van der Waals surface area contributed by atoms with Gasteiger partial charge >= 0.3 is 0 Å². The third-order valence-corrected chi connectivity index (χ3v) is 3.72. The van der Waals surface area contributed by atoms with Gasteiger partial charge in [0.1, 0.15) is 11.3 Å². The van der Waals surface area contributed by atoms with Gasteiger partial charge in [0.25, 0.3) is 0 Å². The number of H-pyrrole nitrogens is 1. The van der Waals surface area contributed by atoms with Crippen LogP contribution in [0.1, 0.15) is 12.8 Å². The molecule has 1 N–H and O–H groups in total. The van der Waals surface area contributed by atoms with Crippen LogP contribution in [-0.4, -0.2) is 11.2 Å². The normalized spacial score (nSPS) is 19.1. The van der Waals surface area contributed by atoms with Crippen molar-refractivity contribution in [3.63, 3.8) is 0 Å². The first-order valence-corrected chi connectivity index (χ1v) is 6.69. The number of allylic oxidation sites excluding steroid dienone is 1. The number of aromatic nitrogens is 2. The molecular weight excluding hydrogens is 299 g/mol. The molecule has 1 aromatic carbocycles. The van der Waals surface area contributed by atoms with E-state index in [0.29, 0.717) is 0 Å². The van der Waals surface area contributed by atoms with Gasteiger partial charge in [-0.3, -0.25) is 0 Å². The van der Waals surface area contributed by atoms with E-state index in [9.17, 15) is 4.39 Å². The molecule has 0 saturated heterocycles. The second-order valence-corrected chi connectivity index (χ2v) is 5.30. The Kier molecular flexibility index (Phi) is 3.07. The average molecular weight is 312 g/mol. The van der Waals surface area contributed by atoms with Crippen LogP contribution in [0.5, 0.6) is 0 Å². The molecule has 0 fully saturated rings. The quantitative estimate of drug-likeness (QED) is 0.849. The van der Waals surface area contributed by atoms with Gasteiger partial charge in [-0.15, -0.1) is 4.68 Å². The number of nitrogens with zero attached hydrogens (tertiary/aromatic N) is 1. The summed E-state index contributed by atoms with van der Waals surface area (Å²) in [6.45, 7) is 0.743. The van der Waals surface area contributed by atoms with E-state index >= 15 is 0 Å². The summed E-state index contributed by atoms with van der Waals surface area (Å²) in [5, 5.41) is 4.14. The number of benzene rings is 1. The summed E-state index contributed by atoms with van der Waals surface area (Å²) in [4.78, 5) is 0. The number of ether oxygens (including phenoxy) is 1. The largest absolute Gasteiger partial charge is 0.492 e. The van der Waals surface area contributed by atoms with Crippen molar-refractivity contribution in [3.05, 3.63) is 41.0 Å². The number of aromatic amines is 1. The highest BCUT2D eigenvalue weighted by molar-refractivity contribution is 9.10. The SMILES string of the molecule is Fc1cc(Br)c2c[n+](CC3CCC=CO3)[nH]c2c1. The van der Waals surface area contributed by atoms with Crippen LogP contribution in [0.4, 0.5) is 4.39 Å². The smallest absolute Gasteiger partial charge is 0.208 e. The molecule has 0 radical (unpaired) electrons. The second-order valence-electron chi connectivity index (χ2n) is 4.45. The lowest BCUT2D eigenvalue weighted by Gasteiger charge is -2.15. The summed E-state index contributed by atoms with van der Waals surface area (Å²) in [6.07, 6.45) is 7.99. The highest BCUT2D eigenvalue weighted by atomic mass is 79.9. The number of nitrogens with one attached hydrogen (secondary N) is 1. The van der Waals surface area contributed by atoms with Crippen LogP contribution in [-0.2, 0) is 11.3 Å². The zero-order valence-electron chi connectivity index (χ0n) is 9.70. The van der Waals surface area contributed by atoms with Gasteiger partial charge in [-0.1, -0.05) is 0 Å². The fourth-order valence-corrected chi connectivity index (χ4v) is 2.72. The zero-order valence-corrected chi connectivity index (χ0v) is 11.3. The van der Waals surface area contributed by atoms with Crippen molar-refractivity contribution in [2.45, 2.75) is 25.5 Å². The Hall–Kier alpha value is -1.36. The van der Waals surface area contributed by atoms with Crippen LogP contribution in [0.2, 0.25) is 0 Å². The minimum atomic E-state index is -0.250. The molecule has 1 aliphatic rings. The van der Waals surface area contributed by atoms with Crippen LogP contribution in [0, 0.1) is 5.82 Å². The molecule has 1 unspecified atom stereocenters. The van der Waals surface area contributed by atoms with E-state index in [1.165, 1.54) is 12.1 Å². The molecule has 0 aliphatic carbocycles. The maximum Gasteiger partial charge on any atom is 0.208 e. The summed E-state index contributed by atoms with van der Waals surface area (Å²) < 4.78 is 21.5. The fraction of sp³-hybridized carbons (Fsp3) is 0.308. The first kappa shape index (κ1) is 11.7.